The Labute approximate surface area is 80.3 Å². The summed E-state index contributed by atoms with van der Waals surface area (Å²) in [5.41, 5.74) is -0.339. The van der Waals surface area contributed by atoms with Crippen LogP contribution in [0.2, 0.25) is 0 Å². The zero-order chi connectivity index (χ0) is 9.90. The molecule has 0 aromatic rings. The highest BCUT2D eigenvalue weighted by molar-refractivity contribution is 5.75. The minimum Gasteiger partial charge on any atom is -0.481 e. The molecule has 13 heavy (non-hydrogen) atoms. The zero-order valence-corrected chi connectivity index (χ0v) is 8.68. The molecule has 0 heterocycles. The molecule has 1 N–H and O–H groups in total. The first-order chi connectivity index (χ1) is 6.10. The molecular weight excluding hydrogens is 164 g/mol. The highest BCUT2D eigenvalue weighted by atomic mass is 16.4. The molecule has 2 heteroatoms. The van der Waals surface area contributed by atoms with Crippen LogP contribution in [0.15, 0.2) is 0 Å². The second kappa shape index (κ2) is 4.12. The summed E-state index contributed by atoms with van der Waals surface area (Å²) >= 11 is 0. The highest BCUT2D eigenvalue weighted by Crippen LogP contribution is 2.49. The Hall–Kier alpha value is -0.530. The number of unbranched alkanes of at least 4 members (excludes halogenated alkanes) is 2. The van der Waals surface area contributed by atoms with Crippen molar-refractivity contribution < 1.29 is 9.90 Å². The Balaban J connectivity index is 2.36. The minimum atomic E-state index is -0.568. The Bertz CT molecular complexity index is 181. The highest BCUT2D eigenvalue weighted by Gasteiger charge is 2.47. The third kappa shape index (κ3) is 2.23. The summed E-state index contributed by atoms with van der Waals surface area (Å²) < 4.78 is 0. The number of rotatable bonds is 5. The van der Waals surface area contributed by atoms with Crippen LogP contribution in [0.3, 0.4) is 0 Å². The van der Waals surface area contributed by atoms with Crippen molar-refractivity contribution >= 4 is 5.97 Å². The van der Waals surface area contributed by atoms with Gasteiger partial charge in [-0.05, 0) is 25.2 Å². The molecule has 1 aliphatic carbocycles. The third-order valence-corrected chi connectivity index (χ3v) is 3.19. The lowest BCUT2D eigenvalue weighted by Gasteiger charge is -2.43. The van der Waals surface area contributed by atoms with E-state index >= 15 is 0 Å². The monoisotopic (exact) mass is 184 g/mol. The van der Waals surface area contributed by atoms with Crippen LogP contribution in [0.5, 0.6) is 0 Å². The molecule has 0 atom stereocenters. The van der Waals surface area contributed by atoms with E-state index in [2.05, 4.69) is 13.8 Å². The Morgan fingerprint density at radius 2 is 2.08 bits per heavy atom. The molecule has 1 saturated carbocycles. The number of carbonyl (C=O) groups is 1. The number of hydrogen-bond donors (Lipinski definition) is 1. The lowest BCUT2D eigenvalue weighted by atomic mass is 9.60. The predicted octanol–water partition coefficient (Wildman–Crippen LogP) is 3.07. The third-order valence-electron chi connectivity index (χ3n) is 3.19. The molecule has 1 rings (SSSR count). The normalized spacial score (nSPS) is 32.6. The van der Waals surface area contributed by atoms with Crippen molar-refractivity contribution in [3.05, 3.63) is 0 Å². The molecule has 0 unspecified atom stereocenters. The molecule has 0 aromatic carbocycles. The molecule has 0 bridgehead atoms. The fraction of sp³-hybridized carbons (Fsp3) is 0.909. The van der Waals surface area contributed by atoms with E-state index in [4.69, 9.17) is 5.11 Å². The second-order valence-electron chi connectivity index (χ2n) is 4.56. The van der Waals surface area contributed by atoms with Crippen LogP contribution in [0, 0.1) is 11.3 Å². The van der Waals surface area contributed by atoms with Crippen molar-refractivity contribution in [3.8, 4) is 0 Å². The summed E-state index contributed by atoms with van der Waals surface area (Å²) in [4.78, 5) is 11.0. The summed E-state index contributed by atoms with van der Waals surface area (Å²) in [7, 11) is 0. The SMILES string of the molecule is CCCCCC1(C(=O)O)CC(C)C1. The second-order valence-corrected chi connectivity index (χ2v) is 4.56. The fourth-order valence-electron chi connectivity index (χ4n) is 2.47. The van der Waals surface area contributed by atoms with E-state index in [0.29, 0.717) is 5.92 Å². The van der Waals surface area contributed by atoms with Crippen molar-refractivity contribution in [3.63, 3.8) is 0 Å². The van der Waals surface area contributed by atoms with Gasteiger partial charge in [-0.25, -0.2) is 0 Å². The minimum absolute atomic E-state index is 0.339. The van der Waals surface area contributed by atoms with E-state index < -0.39 is 5.97 Å². The van der Waals surface area contributed by atoms with Crippen molar-refractivity contribution in [1.82, 2.24) is 0 Å². The van der Waals surface area contributed by atoms with Crippen LogP contribution in [0.25, 0.3) is 0 Å². The summed E-state index contributed by atoms with van der Waals surface area (Å²) in [6.45, 7) is 4.29. The van der Waals surface area contributed by atoms with Gasteiger partial charge in [0.2, 0.25) is 0 Å². The van der Waals surface area contributed by atoms with Gasteiger partial charge in [0.1, 0.15) is 0 Å². The van der Waals surface area contributed by atoms with E-state index in [0.717, 1.165) is 25.7 Å². The van der Waals surface area contributed by atoms with E-state index in [1.807, 2.05) is 0 Å². The van der Waals surface area contributed by atoms with Crippen molar-refractivity contribution in [2.45, 2.75) is 52.4 Å². The lowest BCUT2D eigenvalue weighted by molar-refractivity contribution is -0.158. The van der Waals surface area contributed by atoms with Crippen LogP contribution in [-0.2, 0) is 4.79 Å². The lowest BCUT2D eigenvalue weighted by Crippen LogP contribution is -2.42. The van der Waals surface area contributed by atoms with E-state index in [1.54, 1.807) is 0 Å². The Morgan fingerprint density at radius 1 is 1.46 bits per heavy atom. The quantitative estimate of drug-likeness (QED) is 0.667. The van der Waals surface area contributed by atoms with Gasteiger partial charge >= 0.3 is 5.97 Å². The Kier molecular flexibility index (Phi) is 3.34. The predicted molar refractivity (Wildman–Crippen MR) is 52.6 cm³/mol. The van der Waals surface area contributed by atoms with Crippen molar-refractivity contribution in [2.75, 3.05) is 0 Å². The largest absolute Gasteiger partial charge is 0.481 e. The zero-order valence-electron chi connectivity index (χ0n) is 8.68. The van der Waals surface area contributed by atoms with E-state index in [9.17, 15) is 4.79 Å². The molecule has 0 saturated heterocycles. The first kappa shape index (κ1) is 10.6. The summed E-state index contributed by atoms with van der Waals surface area (Å²) in [5, 5.41) is 9.10. The van der Waals surface area contributed by atoms with E-state index in [1.165, 1.54) is 12.8 Å². The molecule has 0 radical (unpaired) electrons. The first-order valence-corrected chi connectivity index (χ1v) is 5.34. The van der Waals surface area contributed by atoms with Gasteiger partial charge in [0.15, 0.2) is 0 Å². The van der Waals surface area contributed by atoms with Crippen LogP contribution < -0.4 is 0 Å². The van der Waals surface area contributed by atoms with Crippen LogP contribution in [0.1, 0.15) is 52.4 Å². The fourth-order valence-corrected chi connectivity index (χ4v) is 2.47. The van der Waals surface area contributed by atoms with Gasteiger partial charge in [-0.3, -0.25) is 4.79 Å². The van der Waals surface area contributed by atoms with Crippen molar-refractivity contribution in [1.29, 1.82) is 0 Å². The average Bonchev–Trinajstić information content (AvgIpc) is 2.00. The maximum Gasteiger partial charge on any atom is 0.309 e. The smallest absolute Gasteiger partial charge is 0.309 e. The summed E-state index contributed by atoms with van der Waals surface area (Å²) in [6.07, 6.45) is 6.10. The van der Waals surface area contributed by atoms with Gasteiger partial charge in [0, 0.05) is 0 Å². The standard InChI is InChI=1S/C11H20O2/c1-3-4-5-6-11(10(12)13)7-9(2)8-11/h9H,3-8H2,1-2H3,(H,12,13). The molecule has 0 aliphatic heterocycles. The van der Waals surface area contributed by atoms with Crippen LogP contribution in [0.4, 0.5) is 0 Å². The van der Waals surface area contributed by atoms with Crippen LogP contribution >= 0.6 is 0 Å². The number of carboxylic acids is 1. The molecule has 76 valence electrons. The summed E-state index contributed by atoms with van der Waals surface area (Å²) in [5.74, 6) is 0.0550. The van der Waals surface area contributed by atoms with Crippen molar-refractivity contribution in [2.24, 2.45) is 11.3 Å². The maximum absolute atomic E-state index is 11.0. The van der Waals surface area contributed by atoms with Gasteiger partial charge in [0.25, 0.3) is 0 Å². The summed E-state index contributed by atoms with van der Waals surface area (Å²) in [6, 6.07) is 0. The topological polar surface area (TPSA) is 37.3 Å². The number of hydrogen-bond acceptors (Lipinski definition) is 1. The molecule has 0 aromatic heterocycles. The van der Waals surface area contributed by atoms with Crippen LogP contribution in [-0.4, -0.2) is 11.1 Å². The van der Waals surface area contributed by atoms with Gasteiger partial charge in [0.05, 0.1) is 5.41 Å². The number of carboxylic acid groups (broad SMARTS) is 1. The van der Waals surface area contributed by atoms with Gasteiger partial charge in [-0.1, -0.05) is 33.1 Å². The molecular formula is C11H20O2. The molecule has 1 fully saturated rings. The first-order valence-electron chi connectivity index (χ1n) is 5.34. The molecule has 0 spiro atoms. The Morgan fingerprint density at radius 3 is 2.46 bits per heavy atom. The average molecular weight is 184 g/mol. The van der Waals surface area contributed by atoms with Gasteiger partial charge < -0.3 is 5.11 Å². The maximum atomic E-state index is 11.0. The van der Waals surface area contributed by atoms with Gasteiger partial charge in [-0.2, -0.15) is 0 Å². The number of aliphatic carboxylic acids is 1. The molecule has 1 aliphatic rings. The molecule has 2 nitrogen and oxygen atoms in total. The van der Waals surface area contributed by atoms with E-state index in [-0.39, 0.29) is 5.41 Å². The van der Waals surface area contributed by atoms with Gasteiger partial charge in [-0.15, -0.1) is 0 Å². The molecule has 0 amide bonds.